The maximum atomic E-state index is 13.1. The second-order valence-electron chi connectivity index (χ2n) is 10.3. The predicted molar refractivity (Wildman–Crippen MR) is 124 cm³/mol. The fraction of sp³-hybridized carbons (Fsp3) is 0.880. The normalized spacial score (nSPS) is 44.6. The van der Waals surface area contributed by atoms with Crippen LogP contribution in [0.2, 0.25) is 0 Å². The first-order valence-electron chi connectivity index (χ1n) is 12.2. The van der Waals surface area contributed by atoms with E-state index in [-0.39, 0.29) is 42.0 Å². The van der Waals surface area contributed by atoms with Crippen LogP contribution in [0.3, 0.4) is 0 Å². The average molecular weight is 456 g/mol. The lowest BCUT2D eigenvalue weighted by Gasteiger charge is -2.43. The number of ether oxygens (including phenoxy) is 3. The summed E-state index contributed by atoms with van der Waals surface area (Å²) in [5.74, 6) is -0.902. The third-order valence-corrected chi connectivity index (χ3v) is 7.19. The van der Waals surface area contributed by atoms with E-state index in [1.165, 1.54) is 0 Å². The third kappa shape index (κ3) is 6.76. The van der Waals surface area contributed by atoms with Gasteiger partial charge in [0.05, 0.1) is 24.2 Å². The van der Waals surface area contributed by atoms with Crippen molar-refractivity contribution >= 4 is 5.97 Å². The van der Waals surface area contributed by atoms with Crippen LogP contribution < -0.4 is 0 Å². The minimum Gasteiger partial charge on any atom is -0.461 e. The zero-order chi connectivity index (χ0) is 24.2. The number of hydrogen-bond acceptors (Lipinski definition) is 7. The first-order valence-corrected chi connectivity index (χ1v) is 12.2. The van der Waals surface area contributed by atoms with Crippen molar-refractivity contribution < 1.29 is 29.2 Å². The highest BCUT2D eigenvalue weighted by Gasteiger charge is 2.42. The van der Waals surface area contributed by atoms with Crippen LogP contribution >= 0.6 is 0 Å². The first kappa shape index (κ1) is 27.3. The Balaban J connectivity index is 2.31. The molecule has 0 aromatic rings. The Morgan fingerprint density at radius 1 is 1.06 bits per heavy atom. The Hall–Kier alpha value is -0.990. The van der Waals surface area contributed by atoms with E-state index in [0.29, 0.717) is 19.3 Å². The molecule has 2 aliphatic rings. The number of carbonyl (C=O) groups is 1. The lowest BCUT2D eigenvalue weighted by molar-refractivity contribution is -0.279. The van der Waals surface area contributed by atoms with Gasteiger partial charge in [-0.15, -0.1) is 0 Å². The molecule has 7 nitrogen and oxygen atoms in total. The average Bonchev–Trinajstić information content (AvgIpc) is 2.73. The van der Waals surface area contributed by atoms with Crippen molar-refractivity contribution in [3.63, 3.8) is 0 Å². The summed E-state index contributed by atoms with van der Waals surface area (Å²) in [7, 11) is 3.87. The summed E-state index contributed by atoms with van der Waals surface area (Å²) in [5, 5.41) is 21.6. The van der Waals surface area contributed by atoms with Gasteiger partial charge in [-0.1, -0.05) is 39.8 Å². The van der Waals surface area contributed by atoms with Crippen molar-refractivity contribution in [3.05, 3.63) is 12.2 Å². The summed E-state index contributed by atoms with van der Waals surface area (Å²) in [5.41, 5.74) is 0. The highest BCUT2D eigenvalue weighted by molar-refractivity contribution is 5.73. The molecule has 2 N–H and O–H groups in total. The molecule has 2 aliphatic heterocycles. The summed E-state index contributed by atoms with van der Waals surface area (Å²) in [4.78, 5) is 15.1. The molecule has 7 heteroatoms. The van der Waals surface area contributed by atoms with E-state index in [9.17, 15) is 15.0 Å². The van der Waals surface area contributed by atoms with E-state index in [1.807, 2.05) is 72.7 Å². The second kappa shape index (κ2) is 11.9. The van der Waals surface area contributed by atoms with Gasteiger partial charge < -0.3 is 29.3 Å². The molecule has 0 aliphatic carbocycles. The number of aliphatic hydroxyl groups excluding tert-OH is 2. The standard InChI is InChI=1S/C25H45NO6/c1-9-21-14(2)10-11-20(27)15(3)12-16(4)23(18(6)24(29)31-21)32-25-22(28)19(26(7)8)13-17(5)30-25/h10-11,14-23,25,27-28H,9,12-13H2,1-8H3/t14-,15-,16+,17-,18-,19+,20-,21?,22-,23?,25+/m1/s1. The van der Waals surface area contributed by atoms with Crippen molar-refractivity contribution in [1.29, 1.82) is 0 Å². The van der Waals surface area contributed by atoms with E-state index in [2.05, 4.69) is 0 Å². The minimum absolute atomic E-state index is 0.000539. The van der Waals surface area contributed by atoms with Gasteiger partial charge in [-0.05, 0) is 59.0 Å². The number of hydrogen-bond donors (Lipinski definition) is 2. The molecule has 2 unspecified atom stereocenters. The molecular formula is C25H45NO6. The number of aliphatic hydroxyl groups is 2. The number of likely N-dealkylation sites (N-methyl/N-ethyl adjacent to an activating group) is 1. The Morgan fingerprint density at radius 2 is 1.72 bits per heavy atom. The molecule has 32 heavy (non-hydrogen) atoms. The molecule has 2 rings (SSSR count). The Bertz CT molecular complexity index is 626. The Morgan fingerprint density at radius 3 is 2.31 bits per heavy atom. The Kier molecular flexibility index (Phi) is 10.2. The molecular weight excluding hydrogens is 410 g/mol. The van der Waals surface area contributed by atoms with Crippen molar-refractivity contribution in [2.75, 3.05) is 14.1 Å². The van der Waals surface area contributed by atoms with Gasteiger partial charge >= 0.3 is 5.97 Å². The summed E-state index contributed by atoms with van der Waals surface area (Å²) < 4.78 is 18.2. The van der Waals surface area contributed by atoms with E-state index >= 15 is 0 Å². The zero-order valence-corrected chi connectivity index (χ0v) is 21.1. The minimum atomic E-state index is -0.831. The van der Waals surface area contributed by atoms with Crippen LogP contribution in [0.1, 0.15) is 60.8 Å². The molecule has 0 saturated carbocycles. The fourth-order valence-corrected chi connectivity index (χ4v) is 4.97. The Labute approximate surface area is 194 Å². The van der Waals surface area contributed by atoms with Crippen LogP contribution in [-0.4, -0.2) is 78.0 Å². The van der Waals surface area contributed by atoms with Crippen LogP contribution in [0.4, 0.5) is 0 Å². The quantitative estimate of drug-likeness (QED) is 0.498. The van der Waals surface area contributed by atoms with Gasteiger partial charge in [0.1, 0.15) is 12.2 Å². The number of cyclic esters (lactones) is 1. The molecule has 1 fully saturated rings. The van der Waals surface area contributed by atoms with Crippen LogP contribution in [-0.2, 0) is 19.0 Å². The fourth-order valence-electron chi connectivity index (χ4n) is 4.97. The first-order chi connectivity index (χ1) is 15.0. The largest absolute Gasteiger partial charge is 0.461 e. The highest BCUT2D eigenvalue weighted by Crippen LogP contribution is 2.32. The molecule has 0 radical (unpaired) electrons. The van der Waals surface area contributed by atoms with Gasteiger partial charge in [-0.25, -0.2) is 0 Å². The smallest absolute Gasteiger partial charge is 0.311 e. The molecule has 2 heterocycles. The SMILES string of the molecule is CCC1OC(=O)[C@H](C)C(O[C@@H]2O[C@H](C)C[C@H](N(C)C)[C@H]2O)[C@@H](C)C[C@@H](C)[C@H](O)C=C[C@H]1C. The van der Waals surface area contributed by atoms with E-state index in [0.717, 1.165) is 0 Å². The van der Waals surface area contributed by atoms with Gasteiger partial charge in [-0.2, -0.15) is 0 Å². The summed E-state index contributed by atoms with van der Waals surface area (Å²) in [6.45, 7) is 11.8. The summed E-state index contributed by atoms with van der Waals surface area (Å²) in [6.07, 6.45) is 2.72. The number of nitrogens with zero attached hydrogens (tertiary/aromatic N) is 1. The highest BCUT2D eigenvalue weighted by atomic mass is 16.7. The maximum Gasteiger partial charge on any atom is 0.311 e. The van der Waals surface area contributed by atoms with Gasteiger partial charge in [0, 0.05) is 12.0 Å². The lowest BCUT2D eigenvalue weighted by atomic mass is 9.83. The van der Waals surface area contributed by atoms with Crippen LogP contribution in [0.5, 0.6) is 0 Å². The monoisotopic (exact) mass is 455 g/mol. The van der Waals surface area contributed by atoms with Gasteiger partial charge in [-0.3, -0.25) is 4.79 Å². The van der Waals surface area contributed by atoms with Crippen LogP contribution in [0.15, 0.2) is 12.2 Å². The molecule has 186 valence electrons. The van der Waals surface area contributed by atoms with Crippen molar-refractivity contribution in [3.8, 4) is 0 Å². The maximum absolute atomic E-state index is 13.1. The molecule has 11 atom stereocenters. The summed E-state index contributed by atoms with van der Waals surface area (Å²) >= 11 is 0. The van der Waals surface area contributed by atoms with E-state index in [4.69, 9.17) is 14.2 Å². The second-order valence-corrected chi connectivity index (χ2v) is 10.3. The van der Waals surface area contributed by atoms with Crippen LogP contribution in [0.25, 0.3) is 0 Å². The van der Waals surface area contributed by atoms with Gasteiger partial charge in [0.25, 0.3) is 0 Å². The number of esters is 1. The molecule has 0 spiro atoms. The molecule has 0 aromatic heterocycles. The zero-order valence-electron chi connectivity index (χ0n) is 21.1. The van der Waals surface area contributed by atoms with Gasteiger partial charge in [0.2, 0.25) is 0 Å². The lowest BCUT2D eigenvalue weighted by Crippen LogP contribution is -2.56. The van der Waals surface area contributed by atoms with Gasteiger partial charge in [0.15, 0.2) is 6.29 Å². The molecule has 1 saturated heterocycles. The van der Waals surface area contributed by atoms with Crippen molar-refractivity contribution in [2.24, 2.45) is 23.7 Å². The van der Waals surface area contributed by atoms with Crippen molar-refractivity contribution in [1.82, 2.24) is 4.90 Å². The number of carbonyl (C=O) groups excluding carboxylic acids is 1. The predicted octanol–water partition coefficient (Wildman–Crippen LogP) is 2.98. The van der Waals surface area contributed by atoms with E-state index < -0.39 is 30.5 Å². The van der Waals surface area contributed by atoms with Crippen LogP contribution in [0, 0.1) is 23.7 Å². The van der Waals surface area contributed by atoms with Crippen molar-refractivity contribution in [2.45, 2.75) is 104 Å². The molecule has 0 aromatic carbocycles. The third-order valence-electron chi connectivity index (χ3n) is 7.19. The number of rotatable bonds is 4. The van der Waals surface area contributed by atoms with E-state index in [1.54, 1.807) is 0 Å². The molecule has 0 bridgehead atoms. The summed E-state index contributed by atoms with van der Waals surface area (Å²) in [6, 6.07) is -0.0937. The molecule has 0 amide bonds. The topological polar surface area (TPSA) is 88.5 Å².